The number of hydrogen-bond donors (Lipinski definition) is 4. The number of carbonyl (C=O) groups excluding carboxylic acids is 1. The molecule has 2 aromatic carbocycles. The van der Waals surface area contributed by atoms with Crippen molar-refractivity contribution in [1.29, 1.82) is 0 Å². The number of carbonyl (C=O) groups is 1. The monoisotopic (exact) mass is 499 g/mol. The van der Waals surface area contributed by atoms with Crippen molar-refractivity contribution in [2.75, 3.05) is 5.43 Å². The average molecular weight is 499 g/mol. The van der Waals surface area contributed by atoms with E-state index in [0.717, 1.165) is 0 Å². The first-order valence-electron chi connectivity index (χ1n) is 7.46. The number of nitrogens with zero attached hydrogens (tertiary/aromatic N) is 1. The topological polar surface area (TPSA) is 170 Å². The number of hydrazone groups is 1. The van der Waals surface area contributed by atoms with Crippen molar-refractivity contribution in [3.63, 3.8) is 0 Å². The molecule has 0 fully saturated rings. The first-order valence-corrected chi connectivity index (χ1v) is 10.3. The number of allylic oxidation sites excluding steroid dienone is 1. The maximum absolute atomic E-state index is 12.1. The summed E-state index contributed by atoms with van der Waals surface area (Å²) in [7, 11) is -9.91. The predicted molar refractivity (Wildman–Crippen MR) is 98.4 cm³/mol. The van der Waals surface area contributed by atoms with E-state index in [4.69, 9.17) is 0 Å². The fourth-order valence-electron chi connectivity index (χ4n) is 2.48. The van der Waals surface area contributed by atoms with Gasteiger partial charge in [0.15, 0.2) is 5.75 Å². The molecule has 0 aliphatic heterocycles. The maximum atomic E-state index is 12.1. The Hall–Kier alpha value is -1.53. The van der Waals surface area contributed by atoms with E-state index < -0.39 is 47.2 Å². The van der Waals surface area contributed by atoms with Gasteiger partial charge in [-0.25, -0.2) is 0 Å². The summed E-state index contributed by atoms with van der Waals surface area (Å²) in [6.07, 6.45) is 2.82. The van der Waals surface area contributed by atoms with Crippen LogP contribution in [0.5, 0.6) is 5.75 Å². The van der Waals surface area contributed by atoms with Gasteiger partial charge >= 0.3 is 29.6 Å². The van der Waals surface area contributed by atoms with Crippen molar-refractivity contribution >= 4 is 43.5 Å². The van der Waals surface area contributed by atoms with E-state index in [1.807, 2.05) is 0 Å². The molecule has 3 rings (SSSR count). The van der Waals surface area contributed by atoms with E-state index in [9.17, 15) is 35.8 Å². The number of aromatic hydroxyl groups is 1. The summed E-state index contributed by atoms with van der Waals surface area (Å²) in [5, 5.41) is 13.9. The Morgan fingerprint density at radius 3 is 2.17 bits per heavy atom. The SMILES string of the molecule is O=C1C=Cc2ccccc2/C1=N/Nc1cc(S(=O)(=O)O)cc(S(=O)(=O)O)c1O.[Cr].[Na+]. The van der Waals surface area contributed by atoms with Gasteiger partial charge in [-0.2, -0.15) is 21.9 Å². The molecule has 0 heterocycles. The van der Waals surface area contributed by atoms with Crippen molar-refractivity contribution < 1.29 is 82.8 Å². The van der Waals surface area contributed by atoms with Gasteiger partial charge in [0.2, 0.25) is 5.78 Å². The summed E-state index contributed by atoms with van der Waals surface area (Å²) in [5.41, 5.74) is 2.68. The fraction of sp³-hybridized carbons (Fsp3) is 0. The van der Waals surface area contributed by atoms with E-state index in [1.54, 1.807) is 30.3 Å². The molecule has 0 aromatic heterocycles. The molecule has 10 nitrogen and oxygen atoms in total. The van der Waals surface area contributed by atoms with Gasteiger partial charge in [-0.05, 0) is 23.8 Å². The Balaban J connectivity index is 0.00000225. The molecular formula is C16H12CrN2NaO8S2+. The summed E-state index contributed by atoms with van der Waals surface area (Å²) in [4.78, 5) is 10.0. The molecule has 0 atom stereocenters. The van der Waals surface area contributed by atoms with E-state index in [2.05, 4.69) is 10.5 Å². The smallest absolute Gasteiger partial charge is 0.504 e. The van der Waals surface area contributed by atoms with Gasteiger partial charge in [-0.1, -0.05) is 30.3 Å². The van der Waals surface area contributed by atoms with Crippen LogP contribution in [0.4, 0.5) is 5.69 Å². The third kappa shape index (κ3) is 5.58. The zero-order valence-electron chi connectivity index (χ0n) is 15.2. The number of benzene rings is 2. The predicted octanol–water partition coefficient (Wildman–Crippen LogP) is -1.70. The van der Waals surface area contributed by atoms with Crippen molar-refractivity contribution in [2.24, 2.45) is 5.10 Å². The molecule has 0 unspecified atom stereocenters. The minimum absolute atomic E-state index is 0. The minimum Gasteiger partial charge on any atom is -0.504 e. The number of phenols is 1. The van der Waals surface area contributed by atoms with Crippen molar-refractivity contribution in [3.8, 4) is 5.75 Å². The van der Waals surface area contributed by atoms with Crippen LogP contribution in [0.2, 0.25) is 0 Å². The van der Waals surface area contributed by atoms with Crippen LogP contribution < -0.4 is 35.0 Å². The molecule has 2 aromatic rings. The number of rotatable bonds is 4. The van der Waals surface area contributed by atoms with Gasteiger partial charge in [0.1, 0.15) is 16.3 Å². The first-order chi connectivity index (χ1) is 13.0. The van der Waals surface area contributed by atoms with Gasteiger partial charge in [0, 0.05) is 22.9 Å². The number of ketones is 1. The van der Waals surface area contributed by atoms with E-state index in [-0.39, 0.29) is 52.6 Å². The molecule has 1 aliphatic rings. The second kappa shape index (κ2) is 9.73. The zero-order chi connectivity index (χ0) is 20.7. The molecule has 152 valence electrons. The quantitative estimate of drug-likeness (QED) is 0.166. The van der Waals surface area contributed by atoms with Gasteiger partial charge < -0.3 is 5.11 Å². The normalized spacial score (nSPS) is 14.5. The third-order valence-electron chi connectivity index (χ3n) is 3.78. The third-order valence-corrected chi connectivity index (χ3v) is 5.47. The maximum Gasteiger partial charge on any atom is 1.00 e. The van der Waals surface area contributed by atoms with Gasteiger partial charge in [0.05, 0.1) is 4.90 Å². The van der Waals surface area contributed by atoms with E-state index in [0.29, 0.717) is 23.3 Å². The van der Waals surface area contributed by atoms with Crippen LogP contribution in [0.25, 0.3) is 6.08 Å². The zero-order valence-corrected chi connectivity index (χ0v) is 20.1. The standard InChI is InChI=1S/C16H12N2O8S2.Cr.Na/c19-13-6-5-9-3-1-2-4-11(9)15(13)18-17-12-7-10(27(21,22)23)8-14(16(12)20)28(24,25)26;;/h1-8,17,20H,(H,21,22,23)(H,24,25,26);;/q;;+1/b18-15-;;. The van der Waals surface area contributed by atoms with Gasteiger partial charge in [0.25, 0.3) is 20.2 Å². The Bertz CT molecular complexity index is 1270. The molecule has 0 spiro atoms. The minimum atomic E-state index is -5.03. The van der Waals surface area contributed by atoms with Crippen molar-refractivity contribution in [2.45, 2.75) is 9.79 Å². The molecule has 0 saturated carbocycles. The molecule has 14 heteroatoms. The molecule has 0 amide bonds. The van der Waals surface area contributed by atoms with E-state index in [1.165, 1.54) is 6.08 Å². The molecule has 4 N–H and O–H groups in total. The summed E-state index contributed by atoms with van der Waals surface area (Å²) in [6, 6.07) is 7.80. The van der Waals surface area contributed by atoms with Crippen LogP contribution >= 0.6 is 0 Å². The van der Waals surface area contributed by atoms with Crippen molar-refractivity contribution in [3.05, 3.63) is 53.6 Å². The Labute approximate surface area is 204 Å². The van der Waals surface area contributed by atoms with Gasteiger partial charge in [-0.15, -0.1) is 0 Å². The van der Waals surface area contributed by atoms with Crippen LogP contribution in [-0.4, -0.2) is 42.5 Å². The fourth-order valence-corrected chi connectivity index (χ4v) is 3.72. The number of nitrogens with one attached hydrogen (secondary N) is 1. The summed E-state index contributed by atoms with van der Waals surface area (Å²) < 4.78 is 63.9. The molecular weight excluding hydrogens is 487 g/mol. The Kier molecular flexibility index (Phi) is 8.60. The second-order valence-electron chi connectivity index (χ2n) is 5.62. The molecule has 0 saturated heterocycles. The molecule has 0 radical (unpaired) electrons. The van der Waals surface area contributed by atoms with Crippen LogP contribution in [0.3, 0.4) is 0 Å². The summed E-state index contributed by atoms with van der Waals surface area (Å²) in [5.74, 6) is -1.54. The van der Waals surface area contributed by atoms with Crippen LogP contribution in [0.1, 0.15) is 11.1 Å². The first kappa shape index (κ1) is 26.5. The Morgan fingerprint density at radius 2 is 1.57 bits per heavy atom. The number of fused-ring (bicyclic) bond motifs is 1. The summed E-state index contributed by atoms with van der Waals surface area (Å²) >= 11 is 0. The summed E-state index contributed by atoms with van der Waals surface area (Å²) in [6.45, 7) is 0. The Morgan fingerprint density at radius 1 is 0.933 bits per heavy atom. The van der Waals surface area contributed by atoms with Crippen LogP contribution in [0, 0.1) is 0 Å². The van der Waals surface area contributed by atoms with E-state index >= 15 is 0 Å². The van der Waals surface area contributed by atoms with Gasteiger partial charge in [-0.3, -0.25) is 19.3 Å². The number of phenolic OH excluding ortho intramolecular Hbond substituents is 1. The largest absolute Gasteiger partial charge is 1.00 e. The molecule has 30 heavy (non-hydrogen) atoms. The van der Waals surface area contributed by atoms with Crippen LogP contribution in [-0.2, 0) is 42.4 Å². The van der Waals surface area contributed by atoms with Crippen molar-refractivity contribution in [1.82, 2.24) is 0 Å². The number of hydrogen-bond acceptors (Lipinski definition) is 8. The molecule has 1 aliphatic carbocycles. The molecule has 0 bridgehead atoms. The van der Waals surface area contributed by atoms with Crippen LogP contribution in [0.15, 0.2) is 57.4 Å². The average Bonchev–Trinajstić information content (AvgIpc) is 2.60. The number of anilines is 1. The second-order valence-corrected chi connectivity index (χ2v) is 8.44.